The predicted molar refractivity (Wildman–Crippen MR) is 52.5 cm³/mol. The second-order valence-electron chi connectivity index (χ2n) is 4.39. The average Bonchev–Trinajstić information content (AvgIpc) is 2.14. The summed E-state index contributed by atoms with van der Waals surface area (Å²) in [6, 6.07) is 2.32. The molecule has 0 radical (unpaired) electrons. The van der Waals surface area contributed by atoms with E-state index in [1.165, 1.54) is 0 Å². The van der Waals surface area contributed by atoms with Crippen LogP contribution in [0.3, 0.4) is 0 Å². The third-order valence-electron chi connectivity index (χ3n) is 3.01. The molecule has 2 rings (SSSR count). The Morgan fingerprint density at radius 2 is 1.88 bits per heavy atom. The lowest BCUT2D eigenvalue weighted by atomic mass is 9.71. The van der Waals surface area contributed by atoms with E-state index in [1.807, 2.05) is 0 Å². The molecule has 1 fully saturated rings. The molecule has 1 aromatic rings. The Hall–Kier alpha value is -1.14. The van der Waals surface area contributed by atoms with Crippen LogP contribution in [0.4, 0.5) is 17.6 Å². The molecule has 0 spiro atoms. The van der Waals surface area contributed by atoms with Gasteiger partial charge in [-0.1, -0.05) is 6.07 Å². The van der Waals surface area contributed by atoms with Crippen LogP contribution in [0, 0.1) is 5.82 Å². The van der Waals surface area contributed by atoms with Gasteiger partial charge in [-0.3, -0.25) is 0 Å². The molecule has 2 nitrogen and oxygen atoms in total. The normalized spacial score (nSPS) is 28.9. The van der Waals surface area contributed by atoms with E-state index >= 15 is 0 Å². The van der Waals surface area contributed by atoms with E-state index in [0.717, 1.165) is 12.1 Å². The highest BCUT2D eigenvalue weighted by atomic mass is 19.4. The zero-order valence-corrected chi connectivity index (χ0v) is 8.76. The summed E-state index contributed by atoms with van der Waals surface area (Å²) in [5, 5.41) is 9.96. The third kappa shape index (κ3) is 2.14. The van der Waals surface area contributed by atoms with Gasteiger partial charge in [0.25, 0.3) is 0 Å². The van der Waals surface area contributed by atoms with Crippen molar-refractivity contribution in [1.29, 1.82) is 0 Å². The molecule has 1 saturated carbocycles. The van der Waals surface area contributed by atoms with Crippen LogP contribution in [0.5, 0.6) is 0 Å². The fraction of sp³-hybridized carbons (Fsp3) is 0.455. The van der Waals surface area contributed by atoms with Crippen LogP contribution in [0.1, 0.15) is 24.0 Å². The first kappa shape index (κ1) is 12.3. The lowest BCUT2D eigenvalue weighted by Gasteiger charge is -2.42. The van der Waals surface area contributed by atoms with Gasteiger partial charge in [0.1, 0.15) is 5.82 Å². The summed E-state index contributed by atoms with van der Waals surface area (Å²) in [5.74, 6) is -1.34. The Balaban J connectivity index is 2.39. The highest BCUT2D eigenvalue weighted by Gasteiger charge is 2.44. The molecule has 0 heterocycles. The SMILES string of the molecule is NC1CC(O)(c2ccc(F)c(C(F)(F)F)c2)C1. The molecule has 0 saturated heterocycles. The first-order chi connectivity index (χ1) is 7.72. The van der Waals surface area contributed by atoms with E-state index in [9.17, 15) is 22.7 Å². The minimum atomic E-state index is -4.76. The predicted octanol–water partition coefficient (Wildman–Crippen LogP) is 2.15. The maximum absolute atomic E-state index is 13.0. The van der Waals surface area contributed by atoms with Gasteiger partial charge in [-0.2, -0.15) is 13.2 Å². The molecule has 1 aliphatic rings. The lowest BCUT2D eigenvalue weighted by Crippen LogP contribution is -2.49. The van der Waals surface area contributed by atoms with Crippen molar-refractivity contribution in [2.24, 2.45) is 5.73 Å². The monoisotopic (exact) mass is 249 g/mol. The van der Waals surface area contributed by atoms with Gasteiger partial charge >= 0.3 is 6.18 Å². The smallest absolute Gasteiger partial charge is 0.385 e. The van der Waals surface area contributed by atoms with Gasteiger partial charge in [-0.25, -0.2) is 4.39 Å². The fourth-order valence-electron chi connectivity index (χ4n) is 2.08. The van der Waals surface area contributed by atoms with Gasteiger partial charge < -0.3 is 10.8 Å². The molecule has 0 bridgehead atoms. The summed E-state index contributed by atoms with van der Waals surface area (Å²) >= 11 is 0. The number of benzene rings is 1. The largest absolute Gasteiger partial charge is 0.419 e. The Labute approximate surface area is 95.0 Å². The Kier molecular flexibility index (Phi) is 2.67. The molecule has 0 aromatic heterocycles. The molecule has 3 N–H and O–H groups in total. The number of hydrogen-bond acceptors (Lipinski definition) is 2. The quantitative estimate of drug-likeness (QED) is 0.749. The van der Waals surface area contributed by atoms with Crippen molar-refractivity contribution in [2.75, 3.05) is 0 Å². The van der Waals surface area contributed by atoms with Crippen LogP contribution in [0.15, 0.2) is 18.2 Å². The van der Waals surface area contributed by atoms with E-state index in [0.29, 0.717) is 6.07 Å². The molecule has 1 aliphatic carbocycles. The van der Waals surface area contributed by atoms with Crippen LogP contribution in [0.25, 0.3) is 0 Å². The average molecular weight is 249 g/mol. The van der Waals surface area contributed by atoms with Crippen molar-refractivity contribution in [3.8, 4) is 0 Å². The van der Waals surface area contributed by atoms with Gasteiger partial charge in [0.2, 0.25) is 0 Å². The number of halogens is 4. The molecule has 94 valence electrons. The summed E-state index contributed by atoms with van der Waals surface area (Å²) in [4.78, 5) is 0. The number of nitrogens with two attached hydrogens (primary N) is 1. The second kappa shape index (κ2) is 3.68. The zero-order chi connectivity index (χ0) is 12.8. The number of hydrogen-bond donors (Lipinski definition) is 2. The molecular weight excluding hydrogens is 238 g/mol. The van der Waals surface area contributed by atoms with E-state index in [1.54, 1.807) is 0 Å². The van der Waals surface area contributed by atoms with E-state index in [2.05, 4.69) is 0 Å². The number of aliphatic hydroxyl groups is 1. The Morgan fingerprint density at radius 3 is 2.35 bits per heavy atom. The van der Waals surface area contributed by atoms with Crippen molar-refractivity contribution >= 4 is 0 Å². The van der Waals surface area contributed by atoms with Crippen LogP contribution in [-0.2, 0) is 11.8 Å². The van der Waals surface area contributed by atoms with E-state index in [4.69, 9.17) is 5.73 Å². The maximum atomic E-state index is 13.0. The minimum absolute atomic E-state index is 0.0629. The summed E-state index contributed by atoms with van der Waals surface area (Å²) in [6.07, 6.45) is -4.38. The van der Waals surface area contributed by atoms with Gasteiger partial charge in [0, 0.05) is 6.04 Å². The molecule has 0 aliphatic heterocycles. The van der Waals surface area contributed by atoms with E-state index in [-0.39, 0.29) is 24.4 Å². The molecule has 6 heteroatoms. The maximum Gasteiger partial charge on any atom is 0.419 e. The van der Waals surface area contributed by atoms with Crippen molar-refractivity contribution in [3.05, 3.63) is 35.1 Å². The second-order valence-corrected chi connectivity index (χ2v) is 4.39. The van der Waals surface area contributed by atoms with Crippen LogP contribution in [-0.4, -0.2) is 11.1 Å². The summed E-state index contributed by atoms with van der Waals surface area (Å²) in [6.45, 7) is 0. The first-order valence-electron chi connectivity index (χ1n) is 5.07. The zero-order valence-electron chi connectivity index (χ0n) is 8.76. The summed E-state index contributed by atoms with van der Waals surface area (Å²) < 4.78 is 50.4. The topological polar surface area (TPSA) is 46.2 Å². The molecule has 0 amide bonds. The Morgan fingerprint density at radius 1 is 1.29 bits per heavy atom. The van der Waals surface area contributed by atoms with Gasteiger partial charge in [0.05, 0.1) is 11.2 Å². The van der Waals surface area contributed by atoms with Crippen molar-refractivity contribution in [3.63, 3.8) is 0 Å². The van der Waals surface area contributed by atoms with Crippen molar-refractivity contribution < 1.29 is 22.7 Å². The van der Waals surface area contributed by atoms with Gasteiger partial charge in [-0.05, 0) is 30.5 Å². The van der Waals surface area contributed by atoms with Crippen LogP contribution in [0.2, 0.25) is 0 Å². The van der Waals surface area contributed by atoms with Crippen molar-refractivity contribution in [1.82, 2.24) is 0 Å². The fourth-order valence-corrected chi connectivity index (χ4v) is 2.08. The summed E-state index contributed by atoms with van der Waals surface area (Å²) in [7, 11) is 0. The highest BCUT2D eigenvalue weighted by molar-refractivity contribution is 5.33. The number of alkyl halides is 3. The molecular formula is C11H11F4NO. The highest BCUT2D eigenvalue weighted by Crippen LogP contribution is 2.42. The van der Waals surface area contributed by atoms with Crippen LogP contribution < -0.4 is 5.73 Å². The minimum Gasteiger partial charge on any atom is -0.385 e. The van der Waals surface area contributed by atoms with Gasteiger partial charge in [-0.15, -0.1) is 0 Å². The molecule has 0 unspecified atom stereocenters. The summed E-state index contributed by atoms with van der Waals surface area (Å²) in [5.41, 5.74) is 2.84. The molecule has 0 atom stereocenters. The standard InChI is InChI=1S/C11H11F4NO/c12-9-2-1-6(3-8(9)11(13,14)15)10(17)4-7(16)5-10/h1-3,7,17H,4-5,16H2. The van der Waals surface area contributed by atoms with Crippen LogP contribution >= 0.6 is 0 Å². The molecule has 17 heavy (non-hydrogen) atoms. The lowest BCUT2D eigenvalue weighted by molar-refractivity contribution is -0.140. The first-order valence-corrected chi connectivity index (χ1v) is 5.07. The van der Waals surface area contributed by atoms with Gasteiger partial charge in [0.15, 0.2) is 0 Å². The van der Waals surface area contributed by atoms with E-state index < -0.39 is 23.2 Å². The Bertz CT molecular complexity index is 438. The van der Waals surface area contributed by atoms with Crippen molar-refractivity contribution in [2.45, 2.75) is 30.7 Å². The number of rotatable bonds is 1. The third-order valence-corrected chi connectivity index (χ3v) is 3.01. The molecule has 1 aromatic carbocycles.